The first-order valence-corrected chi connectivity index (χ1v) is 12.0. The quantitative estimate of drug-likeness (QED) is 0.543. The van der Waals surface area contributed by atoms with Crippen molar-refractivity contribution in [3.05, 3.63) is 81.8 Å². The lowest BCUT2D eigenvalue weighted by Gasteiger charge is -2.26. The summed E-state index contributed by atoms with van der Waals surface area (Å²) >= 11 is 0. The summed E-state index contributed by atoms with van der Waals surface area (Å²) in [5.74, 6) is 1.25. The molecule has 0 spiro atoms. The van der Waals surface area contributed by atoms with Crippen molar-refractivity contribution in [1.82, 2.24) is 14.5 Å². The zero-order valence-corrected chi connectivity index (χ0v) is 20.9. The van der Waals surface area contributed by atoms with Gasteiger partial charge in [-0.15, -0.1) is 0 Å². The molecule has 184 valence electrons. The van der Waals surface area contributed by atoms with Gasteiger partial charge in [0.15, 0.2) is 0 Å². The zero-order chi connectivity index (χ0) is 25.0. The largest absolute Gasteiger partial charge is 0.496 e. The number of ether oxygens (including phenoxy) is 2. The van der Waals surface area contributed by atoms with Gasteiger partial charge in [0.05, 0.1) is 18.4 Å². The van der Waals surface area contributed by atoms with E-state index in [4.69, 9.17) is 14.5 Å². The number of rotatable bonds is 5. The van der Waals surface area contributed by atoms with Crippen LogP contribution in [-0.4, -0.2) is 46.3 Å². The first kappa shape index (κ1) is 24.5. The van der Waals surface area contributed by atoms with Crippen LogP contribution >= 0.6 is 0 Å². The van der Waals surface area contributed by atoms with Crippen LogP contribution in [0, 0.1) is 0 Å². The van der Waals surface area contributed by atoms with Crippen molar-refractivity contribution in [3.63, 3.8) is 0 Å². The predicted octanol–water partition coefficient (Wildman–Crippen LogP) is 4.50. The van der Waals surface area contributed by atoms with E-state index in [1.165, 1.54) is 0 Å². The third-order valence-corrected chi connectivity index (χ3v) is 6.06. The van der Waals surface area contributed by atoms with Crippen molar-refractivity contribution in [3.8, 4) is 17.1 Å². The molecule has 4 rings (SSSR count). The van der Waals surface area contributed by atoms with E-state index >= 15 is 0 Å². The second-order valence-corrected chi connectivity index (χ2v) is 9.72. The molecular formula is C28H33N3O4. The molecule has 35 heavy (non-hydrogen) atoms. The number of aryl methyl sites for hydroxylation is 1. The molecule has 0 radical (unpaired) electrons. The molecule has 0 saturated heterocycles. The second-order valence-electron chi connectivity index (χ2n) is 9.72. The van der Waals surface area contributed by atoms with Crippen LogP contribution in [0.25, 0.3) is 11.4 Å². The van der Waals surface area contributed by atoms with Gasteiger partial charge >= 0.3 is 6.09 Å². The van der Waals surface area contributed by atoms with Gasteiger partial charge in [-0.05, 0) is 51.3 Å². The lowest BCUT2D eigenvalue weighted by Crippen LogP contribution is -2.38. The van der Waals surface area contributed by atoms with Crippen molar-refractivity contribution in [2.24, 2.45) is 0 Å². The minimum Gasteiger partial charge on any atom is -0.496 e. The summed E-state index contributed by atoms with van der Waals surface area (Å²) in [6.45, 7) is 6.92. The number of carbonyl (C=O) groups is 1. The van der Waals surface area contributed by atoms with E-state index in [2.05, 4.69) is 12.1 Å². The SMILES string of the molecule is COc1ccccc1-c1nc2c(c(=O)n1CCc1ccccc1)CCN(C(=O)OC(C)(C)C)CC2. The maximum absolute atomic E-state index is 13.8. The van der Waals surface area contributed by atoms with Crippen molar-refractivity contribution in [2.45, 2.75) is 52.2 Å². The fraction of sp³-hybridized carbons (Fsp3) is 0.393. The number of aromatic nitrogens is 2. The Kier molecular flexibility index (Phi) is 7.24. The molecule has 1 aliphatic rings. The number of hydrogen-bond acceptors (Lipinski definition) is 5. The molecule has 0 bridgehead atoms. The number of carbonyl (C=O) groups excluding carboxylic acids is 1. The van der Waals surface area contributed by atoms with Crippen LogP contribution in [0.3, 0.4) is 0 Å². The molecule has 0 unspecified atom stereocenters. The standard InChI is InChI=1S/C28H33N3O4/c1-28(2,3)35-27(33)30-17-15-21-23(16-18-30)29-25(22-12-8-9-13-24(22)34-4)31(26(21)32)19-14-20-10-6-5-7-11-20/h5-13H,14-19H2,1-4H3. The highest BCUT2D eigenvalue weighted by atomic mass is 16.6. The van der Waals surface area contributed by atoms with E-state index in [-0.39, 0.29) is 11.7 Å². The van der Waals surface area contributed by atoms with E-state index in [0.717, 1.165) is 16.8 Å². The van der Waals surface area contributed by atoms with Gasteiger partial charge < -0.3 is 14.4 Å². The van der Waals surface area contributed by atoms with E-state index in [1.807, 2.05) is 63.2 Å². The summed E-state index contributed by atoms with van der Waals surface area (Å²) in [6, 6.07) is 17.7. The molecule has 1 amide bonds. The number of nitrogens with zero attached hydrogens (tertiary/aromatic N) is 3. The lowest BCUT2D eigenvalue weighted by molar-refractivity contribution is 0.0258. The second kappa shape index (κ2) is 10.3. The smallest absolute Gasteiger partial charge is 0.410 e. The van der Waals surface area contributed by atoms with Crippen molar-refractivity contribution >= 4 is 6.09 Å². The van der Waals surface area contributed by atoms with Gasteiger partial charge in [-0.25, -0.2) is 9.78 Å². The topological polar surface area (TPSA) is 73.7 Å². The van der Waals surface area contributed by atoms with Crippen LogP contribution in [-0.2, 0) is 30.5 Å². The number of hydrogen-bond donors (Lipinski definition) is 0. The fourth-order valence-corrected chi connectivity index (χ4v) is 4.33. The summed E-state index contributed by atoms with van der Waals surface area (Å²) in [7, 11) is 1.62. The molecule has 3 aromatic rings. The molecule has 0 N–H and O–H groups in total. The normalized spacial score (nSPS) is 13.7. The summed E-state index contributed by atoms with van der Waals surface area (Å²) in [5.41, 5.74) is 2.70. The number of methoxy groups -OCH3 is 1. The maximum Gasteiger partial charge on any atom is 0.410 e. The highest BCUT2D eigenvalue weighted by molar-refractivity contribution is 5.68. The van der Waals surface area contributed by atoms with Crippen molar-refractivity contribution in [1.29, 1.82) is 0 Å². The Balaban J connectivity index is 1.73. The van der Waals surface area contributed by atoms with Gasteiger partial charge in [-0.3, -0.25) is 9.36 Å². The first-order valence-electron chi connectivity index (χ1n) is 12.0. The Morgan fingerprint density at radius 3 is 2.40 bits per heavy atom. The first-order chi connectivity index (χ1) is 16.8. The number of benzene rings is 2. The van der Waals surface area contributed by atoms with E-state index in [9.17, 15) is 9.59 Å². The molecule has 7 nitrogen and oxygen atoms in total. The molecule has 7 heteroatoms. The number of fused-ring (bicyclic) bond motifs is 1. The van der Waals surface area contributed by atoms with E-state index in [1.54, 1.807) is 16.6 Å². The van der Waals surface area contributed by atoms with Crippen LogP contribution in [0.2, 0.25) is 0 Å². The van der Waals surface area contributed by atoms with Crippen LogP contribution in [0.1, 0.15) is 37.6 Å². The van der Waals surface area contributed by atoms with Crippen molar-refractivity contribution in [2.75, 3.05) is 20.2 Å². The van der Waals surface area contributed by atoms with Crippen molar-refractivity contribution < 1.29 is 14.3 Å². The van der Waals surface area contributed by atoms with Gasteiger partial charge in [-0.2, -0.15) is 0 Å². The van der Waals surface area contributed by atoms with Gasteiger partial charge in [0.25, 0.3) is 5.56 Å². The molecule has 2 heterocycles. The Hall–Kier alpha value is -3.61. The van der Waals surface area contributed by atoms with Crippen LogP contribution in [0.15, 0.2) is 59.4 Å². The fourth-order valence-electron chi connectivity index (χ4n) is 4.33. The molecular weight excluding hydrogens is 442 g/mol. The summed E-state index contributed by atoms with van der Waals surface area (Å²) in [5, 5.41) is 0. The highest BCUT2D eigenvalue weighted by Crippen LogP contribution is 2.29. The number of para-hydroxylation sites is 1. The Bertz CT molecular complexity index is 1250. The third-order valence-electron chi connectivity index (χ3n) is 6.06. The summed E-state index contributed by atoms with van der Waals surface area (Å²) < 4.78 is 12.9. The van der Waals surface area contributed by atoms with E-state index < -0.39 is 5.60 Å². The van der Waals surface area contributed by atoms with Crippen LogP contribution < -0.4 is 10.3 Å². The minimum absolute atomic E-state index is 0.0575. The summed E-state index contributed by atoms with van der Waals surface area (Å²) in [6.07, 6.45) is 1.27. The minimum atomic E-state index is -0.574. The Labute approximate surface area is 206 Å². The van der Waals surface area contributed by atoms with Crippen LogP contribution in [0.5, 0.6) is 5.75 Å². The average molecular weight is 476 g/mol. The molecule has 1 aliphatic heterocycles. The van der Waals surface area contributed by atoms with E-state index in [0.29, 0.717) is 56.0 Å². The van der Waals surface area contributed by atoms with Gasteiger partial charge in [0, 0.05) is 31.6 Å². The average Bonchev–Trinajstić information content (AvgIpc) is 3.06. The Morgan fingerprint density at radius 1 is 1.00 bits per heavy atom. The maximum atomic E-state index is 13.8. The molecule has 0 saturated carbocycles. The lowest BCUT2D eigenvalue weighted by atomic mass is 10.1. The van der Waals surface area contributed by atoms with Gasteiger partial charge in [-0.1, -0.05) is 42.5 Å². The highest BCUT2D eigenvalue weighted by Gasteiger charge is 2.27. The van der Waals surface area contributed by atoms with Crippen LogP contribution in [0.4, 0.5) is 4.79 Å². The Morgan fingerprint density at radius 2 is 1.69 bits per heavy atom. The molecule has 0 atom stereocenters. The molecule has 2 aromatic carbocycles. The molecule has 1 aromatic heterocycles. The third kappa shape index (κ3) is 5.73. The molecule has 0 fully saturated rings. The zero-order valence-electron chi connectivity index (χ0n) is 20.9. The van der Waals surface area contributed by atoms with Gasteiger partial charge in [0.1, 0.15) is 17.2 Å². The summed E-state index contributed by atoms with van der Waals surface area (Å²) in [4.78, 5) is 33.2. The monoisotopic (exact) mass is 475 g/mol. The number of amides is 1. The molecule has 0 aliphatic carbocycles. The predicted molar refractivity (Wildman–Crippen MR) is 136 cm³/mol. The van der Waals surface area contributed by atoms with Gasteiger partial charge in [0.2, 0.25) is 0 Å².